The zero-order valence-corrected chi connectivity index (χ0v) is 10.3. The molecule has 0 fully saturated rings. The average Bonchev–Trinajstić information content (AvgIpc) is 2.76. The maximum atomic E-state index is 11.6. The zero-order valence-electron chi connectivity index (χ0n) is 9.47. The highest BCUT2D eigenvalue weighted by atomic mass is 32.2. The van der Waals surface area contributed by atoms with Gasteiger partial charge in [-0.25, -0.2) is 4.79 Å². The van der Waals surface area contributed by atoms with E-state index in [1.54, 1.807) is 24.0 Å². The van der Waals surface area contributed by atoms with Crippen molar-refractivity contribution in [3.05, 3.63) is 18.0 Å². The third-order valence-corrected chi connectivity index (χ3v) is 2.80. The second-order valence-electron chi connectivity index (χ2n) is 3.50. The van der Waals surface area contributed by atoms with Crippen LogP contribution in [0.25, 0.3) is 0 Å². The lowest BCUT2D eigenvalue weighted by molar-refractivity contribution is -0.141. The smallest absolute Gasteiger partial charge is 0.326 e. The standard InChI is InChI=1S/C10H15N3O3S/c1-17-5-3-8(10(15)16)12-9(14)6-7-2-4-11-13-7/h2,4,8H,3,5-6H2,1H3,(H,11,13)(H,12,14)(H,15,16)/t8-/m0/s1. The van der Waals surface area contributed by atoms with Crippen molar-refractivity contribution in [1.29, 1.82) is 0 Å². The van der Waals surface area contributed by atoms with Gasteiger partial charge in [-0.2, -0.15) is 16.9 Å². The van der Waals surface area contributed by atoms with E-state index in [9.17, 15) is 9.59 Å². The molecule has 17 heavy (non-hydrogen) atoms. The Bertz CT molecular complexity index is 367. The Morgan fingerprint density at radius 1 is 1.65 bits per heavy atom. The Labute approximate surface area is 103 Å². The number of nitrogens with zero attached hydrogens (tertiary/aromatic N) is 1. The molecule has 1 heterocycles. The Morgan fingerprint density at radius 3 is 2.94 bits per heavy atom. The van der Waals surface area contributed by atoms with Gasteiger partial charge in [-0.15, -0.1) is 0 Å². The van der Waals surface area contributed by atoms with Crippen molar-refractivity contribution in [3.8, 4) is 0 Å². The predicted molar refractivity (Wildman–Crippen MR) is 64.9 cm³/mol. The van der Waals surface area contributed by atoms with Crippen LogP contribution >= 0.6 is 11.8 Å². The first kappa shape index (κ1) is 13.6. The second-order valence-corrected chi connectivity index (χ2v) is 4.48. The van der Waals surface area contributed by atoms with Crippen LogP contribution < -0.4 is 5.32 Å². The quantitative estimate of drug-likeness (QED) is 0.652. The van der Waals surface area contributed by atoms with Gasteiger partial charge in [0.15, 0.2) is 0 Å². The number of aromatic nitrogens is 2. The molecule has 3 N–H and O–H groups in total. The fourth-order valence-corrected chi connectivity index (χ4v) is 1.77. The Hall–Kier alpha value is -1.50. The van der Waals surface area contributed by atoms with Crippen molar-refractivity contribution in [3.63, 3.8) is 0 Å². The number of nitrogens with one attached hydrogen (secondary N) is 2. The topological polar surface area (TPSA) is 95.1 Å². The molecule has 0 saturated carbocycles. The molecule has 1 rings (SSSR count). The second kappa shape index (κ2) is 6.95. The Morgan fingerprint density at radius 2 is 2.41 bits per heavy atom. The fraction of sp³-hybridized carbons (Fsp3) is 0.500. The summed E-state index contributed by atoms with van der Waals surface area (Å²) >= 11 is 1.55. The molecule has 0 aromatic carbocycles. The number of amides is 1. The van der Waals surface area contributed by atoms with Crippen LogP contribution in [0, 0.1) is 0 Å². The molecular formula is C10H15N3O3S. The van der Waals surface area contributed by atoms with Crippen LogP contribution in [0.15, 0.2) is 12.3 Å². The van der Waals surface area contributed by atoms with E-state index < -0.39 is 12.0 Å². The molecule has 7 heteroatoms. The molecule has 94 valence electrons. The summed E-state index contributed by atoms with van der Waals surface area (Å²) in [5.74, 6) is -0.624. The van der Waals surface area contributed by atoms with Crippen LogP contribution in [-0.4, -0.2) is 45.2 Å². The monoisotopic (exact) mass is 257 g/mol. The highest BCUT2D eigenvalue weighted by molar-refractivity contribution is 7.98. The number of carboxylic acid groups (broad SMARTS) is 1. The Balaban J connectivity index is 2.43. The summed E-state index contributed by atoms with van der Waals surface area (Å²) in [6, 6.07) is 0.856. The van der Waals surface area contributed by atoms with Gasteiger partial charge in [-0.1, -0.05) is 0 Å². The maximum absolute atomic E-state index is 11.6. The molecule has 1 aromatic heterocycles. The Kier molecular flexibility index (Phi) is 5.55. The number of rotatable bonds is 7. The molecule has 1 atom stereocenters. The van der Waals surface area contributed by atoms with Crippen LogP contribution in [0.4, 0.5) is 0 Å². The number of thioether (sulfide) groups is 1. The third kappa shape index (κ3) is 4.90. The molecule has 0 bridgehead atoms. The predicted octanol–water partition coefficient (Wildman–Crippen LogP) is 0.275. The molecule has 0 unspecified atom stereocenters. The van der Waals surface area contributed by atoms with Gasteiger partial charge < -0.3 is 10.4 Å². The fourth-order valence-electron chi connectivity index (χ4n) is 1.29. The van der Waals surface area contributed by atoms with Crippen molar-refractivity contribution in [1.82, 2.24) is 15.5 Å². The van der Waals surface area contributed by atoms with E-state index in [4.69, 9.17) is 5.11 Å². The first-order valence-corrected chi connectivity index (χ1v) is 6.52. The summed E-state index contributed by atoms with van der Waals surface area (Å²) in [7, 11) is 0. The van der Waals surface area contributed by atoms with Gasteiger partial charge in [0.1, 0.15) is 6.04 Å². The first-order valence-electron chi connectivity index (χ1n) is 5.13. The van der Waals surface area contributed by atoms with E-state index in [0.29, 0.717) is 17.9 Å². The SMILES string of the molecule is CSCC[C@H](NC(=O)Cc1ccn[nH]1)C(=O)O. The van der Waals surface area contributed by atoms with Crippen molar-refractivity contribution >= 4 is 23.6 Å². The molecule has 1 aromatic rings. The summed E-state index contributed by atoms with van der Waals surface area (Å²) in [6.07, 6.45) is 3.98. The number of hydrogen-bond donors (Lipinski definition) is 3. The number of hydrogen-bond acceptors (Lipinski definition) is 4. The molecular weight excluding hydrogens is 242 g/mol. The lowest BCUT2D eigenvalue weighted by Crippen LogP contribution is -2.41. The van der Waals surface area contributed by atoms with E-state index in [0.717, 1.165) is 0 Å². The number of H-pyrrole nitrogens is 1. The number of carboxylic acids is 1. The molecule has 0 aliphatic heterocycles. The summed E-state index contributed by atoms with van der Waals surface area (Å²) in [5, 5.41) is 17.8. The highest BCUT2D eigenvalue weighted by Gasteiger charge is 2.19. The first-order chi connectivity index (χ1) is 8.13. The number of aliphatic carboxylic acids is 1. The molecule has 1 amide bonds. The van der Waals surface area contributed by atoms with E-state index in [-0.39, 0.29) is 12.3 Å². The highest BCUT2D eigenvalue weighted by Crippen LogP contribution is 2.02. The van der Waals surface area contributed by atoms with E-state index >= 15 is 0 Å². The minimum atomic E-state index is -1.00. The molecule has 0 aliphatic carbocycles. The van der Waals surface area contributed by atoms with Crippen molar-refractivity contribution < 1.29 is 14.7 Å². The van der Waals surface area contributed by atoms with E-state index in [2.05, 4.69) is 15.5 Å². The van der Waals surface area contributed by atoms with Gasteiger partial charge in [0.2, 0.25) is 5.91 Å². The van der Waals surface area contributed by atoms with Gasteiger partial charge >= 0.3 is 5.97 Å². The molecule has 6 nitrogen and oxygen atoms in total. The van der Waals surface area contributed by atoms with Gasteiger partial charge in [0.05, 0.1) is 6.42 Å². The zero-order chi connectivity index (χ0) is 12.7. The van der Waals surface area contributed by atoms with Crippen LogP contribution in [0.1, 0.15) is 12.1 Å². The van der Waals surface area contributed by atoms with Crippen LogP contribution in [0.2, 0.25) is 0 Å². The maximum Gasteiger partial charge on any atom is 0.326 e. The summed E-state index contributed by atoms with van der Waals surface area (Å²) in [5.41, 5.74) is 0.663. The van der Waals surface area contributed by atoms with E-state index in [1.165, 1.54) is 0 Å². The minimum Gasteiger partial charge on any atom is -0.480 e. The van der Waals surface area contributed by atoms with Crippen molar-refractivity contribution in [2.45, 2.75) is 18.9 Å². The van der Waals surface area contributed by atoms with Crippen molar-refractivity contribution in [2.24, 2.45) is 0 Å². The average molecular weight is 257 g/mol. The number of aromatic amines is 1. The molecule has 0 aliphatic rings. The number of carbonyl (C=O) groups is 2. The molecule has 0 radical (unpaired) electrons. The largest absolute Gasteiger partial charge is 0.480 e. The normalized spacial score (nSPS) is 12.1. The molecule has 0 saturated heterocycles. The third-order valence-electron chi connectivity index (χ3n) is 2.15. The number of carbonyl (C=O) groups excluding carboxylic acids is 1. The van der Waals surface area contributed by atoms with Gasteiger partial charge in [-0.05, 0) is 24.5 Å². The molecule has 0 spiro atoms. The van der Waals surface area contributed by atoms with Crippen LogP contribution in [-0.2, 0) is 16.0 Å². The summed E-state index contributed by atoms with van der Waals surface area (Å²) in [4.78, 5) is 22.5. The van der Waals surface area contributed by atoms with E-state index in [1.807, 2.05) is 6.26 Å². The van der Waals surface area contributed by atoms with Crippen LogP contribution in [0.3, 0.4) is 0 Å². The lowest BCUT2D eigenvalue weighted by Gasteiger charge is -2.13. The van der Waals surface area contributed by atoms with Gasteiger partial charge in [0, 0.05) is 11.9 Å². The van der Waals surface area contributed by atoms with Crippen molar-refractivity contribution in [2.75, 3.05) is 12.0 Å². The summed E-state index contributed by atoms with van der Waals surface area (Å²) < 4.78 is 0. The van der Waals surface area contributed by atoms with Gasteiger partial charge in [-0.3, -0.25) is 9.89 Å². The lowest BCUT2D eigenvalue weighted by atomic mass is 10.2. The minimum absolute atomic E-state index is 0.114. The van der Waals surface area contributed by atoms with Crippen LogP contribution in [0.5, 0.6) is 0 Å². The van der Waals surface area contributed by atoms with Gasteiger partial charge in [0.25, 0.3) is 0 Å². The summed E-state index contributed by atoms with van der Waals surface area (Å²) in [6.45, 7) is 0.